The second-order valence-electron chi connectivity index (χ2n) is 7.55. The van der Waals surface area contributed by atoms with E-state index in [1.165, 1.54) is 17.7 Å². The van der Waals surface area contributed by atoms with Crippen LogP contribution in [-0.4, -0.2) is 37.0 Å². The molecule has 2 aliphatic rings. The molecule has 2 fully saturated rings. The molecule has 3 rings (SSSR count). The van der Waals surface area contributed by atoms with Crippen LogP contribution in [0.4, 0.5) is 5.69 Å². The van der Waals surface area contributed by atoms with Crippen molar-refractivity contribution in [3.63, 3.8) is 0 Å². The van der Waals surface area contributed by atoms with E-state index in [1.807, 2.05) is 6.92 Å². The zero-order valence-electron chi connectivity index (χ0n) is 14.7. The van der Waals surface area contributed by atoms with Crippen LogP contribution in [0.3, 0.4) is 0 Å². The van der Waals surface area contributed by atoms with E-state index in [4.69, 9.17) is 4.74 Å². The van der Waals surface area contributed by atoms with Gasteiger partial charge in [0.1, 0.15) is 0 Å². The Morgan fingerprint density at radius 1 is 1.04 bits per heavy atom. The summed E-state index contributed by atoms with van der Waals surface area (Å²) in [6.07, 6.45) is 6.38. The molecule has 3 nitrogen and oxygen atoms in total. The topological polar surface area (TPSA) is 32.7 Å². The summed E-state index contributed by atoms with van der Waals surface area (Å²) >= 11 is 0. The molecule has 1 aliphatic heterocycles. The van der Waals surface area contributed by atoms with Crippen LogP contribution in [0.2, 0.25) is 0 Å². The number of hydrogen-bond donors (Lipinski definition) is 1. The van der Waals surface area contributed by atoms with E-state index < -0.39 is 5.60 Å². The van der Waals surface area contributed by atoms with Crippen molar-refractivity contribution in [3.8, 4) is 0 Å². The summed E-state index contributed by atoms with van der Waals surface area (Å²) < 4.78 is 5.48. The average molecular weight is 317 g/mol. The minimum Gasteiger partial charge on any atom is -0.387 e. The number of anilines is 1. The molecule has 0 radical (unpaired) electrons. The summed E-state index contributed by atoms with van der Waals surface area (Å²) in [6, 6.07) is 9.04. The second-order valence-corrected chi connectivity index (χ2v) is 7.55. The molecule has 1 aromatic rings. The van der Waals surface area contributed by atoms with Gasteiger partial charge in [0.2, 0.25) is 0 Å². The van der Waals surface area contributed by atoms with Crippen molar-refractivity contribution in [1.82, 2.24) is 0 Å². The number of hydrogen-bond acceptors (Lipinski definition) is 3. The Morgan fingerprint density at radius 3 is 2.35 bits per heavy atom. The molecule has 1 aromatic carbocycles. The van der Waals surface area contributed by atoms with Crippen molar-refractivity contribution in [2.24, 2.45) is 5.41 Å². The Labute approximate surface area is 140 Å². The van der Waals surface area contributed by atoms with Crippen LogP contribution in [-0.2, 0) is 11.2 Å². The molecule has 0 aromatic heterocycles. The van der Waals surface area contributed by atoms with Crippen molar-refractivity contribution < 1.29 is 9.84 Å². The minimum atomic E-state index is -0.586. The van der Waals surface area contributed by atoms with Crippen LogP contribution in [0.5, 0.6) is 0 Å². The van der Waals surface area contributed by atoms with Crippen molar-refractivity contribution in [1.29, 1.82) is 0 Å². The molecule has 1 saturated heterocycles. The summed E-state index contributed by atoms with van der Waals surface area (Å²) in [5.74, 6) is 0. The molecule has 1 aliphatic carbocycles. The van der Waals surface area contributed by atoms with Gasteiger partial charge in [-0.2, -0.15) is 0 Å². The highest BCUT2D eigenvalue weighted by Gasteiger charge is 2.45. The molecular formula is C20H31NO2. The lowest BCUT2D eigenvalue weighted by molar-refractivity contribution is -0.0848. The van der Waals surface area contributed by atoms with E-state index in [1.54, 1.807) is 0 Å². The molecule has 0 amide bonds. The molecule has 23 heavy (non-hydrogen) atoms. The number of aliphatic hydroxyl groups is 1. The van der Waals surface area contributed by atoms with Crippen LogP contribution < -0.4 is 4.90 Å². The highest BCUT2D eigenvalue weighted by molar-refractivity contribution is 5.49. The number of aryl methyl sites for hydroxylation is 1. The smallest absolute Gasteiger partial charge is 0.0880 e. The molecule has 0 bridgehead atoms. The van der Waals surface area contributed by atoms with E-state index in [-0.39, 0.29) is 0 Å². The zero-order chi connectivity index (χ0) is 16.3. The van der Waals surface area contributed by atoms with Crippen LogP contribution in [0.15, 0.2) is 24.3 Å². The van der Waals surface area contributed by atoms with Crippen LogP contribution in [0.25, 0.3) is 0 Å². The molecule has 1 saturated carbocycles. The summed E-state index contributed by atoms with van der Waals surface area (Å²) in [7, 11) is 0. The van der Waals surface area contributed by atoms with Crippen molar-refractivity contribution >= 4 is 5.69 Å². The van der Waals surface area contributed by atoms with Gasteiger partial charge in [0, 0.05) is 25.4 Å². The first-order valence-electron chi connectivity index (χ1n) is 9.22. The first kappa shape index (κ1) is 16.8. The maximum Gasteiger partial charge on any atom is 0.0880 e. The van der Waals surface area contributed by atoms with Crippen LogP contribution in [0, 0.1) is 5.41 Å². The first-order chi connectivity index (χ1) is 11.1. The first-order valence-corrected chi connectivity index (χ1v) is 9.22. The molecular weight excluding hydrogens is 286 g/mol. The van der Waals surface area contributed by atoms with Gasteiger partial charge >= 0.3 is 0 Å². The molecule has 1 spiro atoms. The maximum absolute atomic E-state index is 10.6. The number of nitrogens with zero attached hydrogens (tertiary/aromatic N) is 1. The Hall–Kier alpha value is -1.06. The quantitative estimate of drug-likeness (QED) is 0.897. The summed E-state index contributed by atoms with van der Waals surface area (Å²) in [6.45, 7) is 7.67. The van der Waals surface area contributed by atoms with E-state index in [0.717, 1.165) is 45.2 Å². The van der Waals surface area contributed by atoms with Gasteiger partial charge < -0.3 is 14.7 Å². The maximum atomic E-state index is 10.6. The zero-order valence-corrected chi connectivity index (χ0v) is 14.7. The Balaban J connectivity index is 1.59. The minimum absolute atomic E-state index is 0.405. The lowest BCUT2D eigenvalue weighted by atomic mass is 9.68. The third-order valence-corrected chi connectivity index (χ3v) is 5.96. The van der Waals surface area contributed by atoms with Gasteiger partial charge in [-0.25, -0.2) is 0 Å². The fourth-order valence-corrected chi connectivity index (χ4v) is 4.19. The number of rotatable bonds is 5. The van der Waals surface area contributed by atoms with Gasteiger partial charge in [-0.15, -0.1) is 0 Å². The van der Waals surface area contributed by atoms with Crippen LogP contribution in [0.1, 0.15) is 51.5 Å². The summed E-state index contributed by atoms with van der Waals surface area (Å²) in [4.78, 5) is 2.53. The van der Waals surface area contributed by atoms with Gasteiger partial charge in [-0.3, -0.25) is 0 Å². The summed E-state index contributed by atoms with van der Waals surface area (Å²) in [5.41, 5.74) is 2.58. The van der Waals surface area contributed by atoms with E-state index in [0.29, 0.717) is 18.6 Å². The van der Waals surface area contributed by atoms with Gasteiger partial charge in [-0.05, 0) is 68.6 Å². The van der Waals surface area contributed by atoms with Gasteiger partial charge in [0.25, 0.3) is 0 Å². The monoisotopic (exact) mass is 317 g/mol. The SMILES string of the molecule is CCOCC1(O)CCC2(CCN(c3ccc(CC)cc3)C2)CC1. The van der Waals surface area contributed by atoms with E-state index in [2.05, 4.69) is 36.1 Å². The van der Waals surface area contributed by atoms with Crippen molar-refractivity contribution in [2.75, 3.05) is 31.2 Å². The fourth-order valence-electron chi connectivity index (χ4n) is 4.19. The highest BCUT2D eigenvalue weighted by atomic mass is 16.5. The third-order valence-electron chi connectivity index (χ3n) is 5.96. The fraction of sp³-hybridized carbons (Fsp3) is 0.700. The molecule has 3 heteroatoms. The molecule has 0 unspecified atom stereocenters. The lowest BCUT2D eigenvalue weighted by Crippen LogP contribution is -2.43. The average Bonchev–Trinajstić information content (AvgIpc) is 3.01. The van der Waals surface area contributed by atoms with E-state index >= 15 is 0 Å². The third kappa shape index (κ3) is 3.72. The van der Waals surface area contributed by atoms with Gasteiger partial charge in [0.15, 0.2) is 0 Å². The molecule has 1 N–H and O–H groups in total. The molecule has 1 heterocycles. The Kier molecular flexibility index (Phi) is 4.98. The Bertz CT molecular complexity index is 503. The van der Waals surface area contributed by atoms with Gasteiger partial charge in [-0.1, -0.05) is 19.1 Å². The summed E-state index contributed by atoms with van der Waals surface area (Å²) in [5, 5.41) is 10.6. The predicted molar refractivity (Wildman–Crippen MR) is 95.0 cm³/mol. The van der Waals surface area contributed by atoms with Gasteiger partial charge in [0.05, 0.1) is 12.2 Å². The molecule has 128 valence electrons. The van der Waals surface area contributed by atoms with E-state index in [9.17, 15) is 5.11 Å². The van der Waals surface area contributed by atoms with Crippen molar-refractivity contribution in [3.05, 3.63) is 29.8 Å². The normalized spacial score (nSPS) is 31.0. The van der Waals surface area contributed by atoms with Crippen LogP contribution >= 0.6 is 0 Å². The van der Waals surface area contributed by atoms with Crippen molar-refractivity contribution in [2.45, 2.75) is 58.0 Å². The highest BCUT2D eigenvalue weighted by Crippen LogP contribution is 2.47. The largest absolute Gasteiger partial charge is 0.387 e. The standard InChI is InChI=1S/C20H31NO2/c1-3-17-5-7-18(8-6-17)21-14-13-19(15-21)9-11-20(22,12-10-19)16-23-4-2/h5-8,22H,3-4,9-16H2,1-2H3. The number of ether oxygens (including phenoxy) is 1. The second kappa shape index (κ2) is 6.82. The lowest BCUT2D eigenvalue weighted by Gasteiger charge is -2.42. The predicted octanol–water partition coefficient (Wildman–Crippen LogP) is 3.79. The molecule has 0 atom stereocenters. The number of benzene rings is 1. The Morgan fingerprint density at radius 2 is 1.74 bits per heavy atom.